The molecule has 5 heteroatoms. The Morgan fingerprint density at radius 3 is 2.21 bits per heavy atom. The summed E-state index contributed by atoms with van der Waals surface area (Å²) in [6.07, 6.45) is 4.31. The highest BCUT2D eigenvalue weighted by molar-refractivity contribution is 8.00. The van der Waals surface area contributed by atoms with E-state index in [4.69, 9.17) is 5.11 Å². The predicted octanol–water partition coefficient (Wildman–Crippen LogP) is 3.18. The van der Waals surface area contributed by atoms with Gasteiger partial charge in [0.25, 0.3) is 0 Å². The lowest BCUT2D eigenvalue weighted by Gasteiger charge is -2.26. The first-order chi connectivity index (χ1) is 6.47. The predicted molar refractivity (Wildman–Crippen MR) is 51.1 cm³/mol. The molecule has 1 N–H and O–H groups in total. The fourth-order valence-corrected chi connectivity index (χ4v) is 2.76. The fourth-order valence-electron chi connectivity index (χ4n) is 2.00. The molecule has 0 heterocycles. The van der Waals surface area contributed by atoms with E-state index < -0.39 is 5.51 Å². The van der Waals surface area contributed by atoms with Crippen LogP contribution in [0.15, 0.2) is 0 Å². The van der Waals surface area contributed by atoms with Crippen LogP contribution in [0.3, 0.4) is 0 Å². The van der Waals surface area contributed by atoms with Crippen LogP contribution in [0.1, 0.15) is 32.1 Å². The molecular formula is C9H15F3OS. The minimum Gasteiger partial charge on any atom is -0.396 e. The van der Waals surface area contributed by atoms with Gasteiger partial charge < -0.3 is 5.11 Å². The van der Waals surface area contributed by atoms with Crippen LogP contribution in [0.4, 0.5) is 13.2 Å². The maximum atomic E-state index is 11.9. The fraction of sp³-hybridized carbons (Fsp3) is 1.00. The Balaban J connectivity index is 2.28. The number of thioether (sulfide) groups is 1. The molecule has 0 saturated heterocycles. The number of alkyl halides is 3. The van der Waals surface area contributed by atoms with E-state index in [2.05, 4.69) is 0 Å². The Kier molecular flexibility index (Phi) is 4.13. The lowest BCUT2D eigenvalue weighted by atomic mass is 9.84. The van der Waals surface area contributed by atoms with Crippen LogP contribution in [-0.4, -0.2) is 23.0 Å². The molecule has 0 radical (unpaired) electrons. The Hall–Kier alpha value is 0.100. The van der Waals surface area contributed by atoms with Gasteiger partial charge >= 0.3 is 5.51 Å². The summed E-state index contributed by atoms with van der Waals surface area (Å²) in [6, 6.07) is 0. The van der Waals surface area contributed by atoms with Gasteiger partial charge in [0.2, 0.25) is 0 Å². The summed E-state index contributed by atoms with van der Waals surface area (Å²) in [5.41, 5.74) is -4.34. The van der Waals surface area contributed by atoms with Gasteiger partial charge in [0.15, 0.2) is 0 Å². The summed E-state index contributed by atoms with van der Waals surface area (Å²) in [5, 5.41) is 9.16. The highest BCUT2D eigenvalue weighted by Gasteiger charge is 2.35. The number of rotatable bonds is 4. The second-order valence-corrected chi connectivity index (χ2v) is 5.07. The maximum Gasteiger partial charge on any atom is 0.441 e. The van der Waals surface area contributed by atoms with Crippen LogP contribution in [0.5, 0.6) is 0 Å². The highest BCUT2D eigenvalue weighted by Crippen LogP contribution is 2.42. The van der Waals surface area contributed by atoms with E-state index in [0.717, 1.165) is 25.7 Å². The van der Waals surface area contributed by atoms with Crippen LogP contribution in [0.25, 0.3) is 0 Å². The van der Waals surface area contributed by atoms with E-state index in [1.807, 2.05) is 0 Å². The van der Waals surface area contributed by atoms with Crippen LogP contribution in [0, 0.1) is 5.41 Å². The van der Waals surface area contributed by atoms with Gasteiger partial charge in [-0.3, -0.25) is 0 Å². The quantitative estimate of drug-likeness (QED) is 0.797. The third kappa shape index (κ3) is 3.69. The van der Waals surface area contributed by atoms with Crippen molar-refractivity contribution >= 4 is 11.8 Å². The monoisotopic (exact) mass is 228 g/mol. The van der Waals surface area contributed by atoms with Crippen molar-refractivity contribution in [2.75, 3.05) is 12.4 Å². The zero-order valence-corrected chi connectivity index (χ0v) is 8.76. The Morgan fingerprint density at radius 2 is 1.79 bits per heavy atom. The third-order valence-corrected chi connectivity index (χ3v) is 3.63. The molecule has 0 unspecified atom stereocenters. The van der Waals surface area contributed by atoms with Gasteiger partial charge in [-0.2, -0.15) is 13.2 Å². The molecule has 1 aliphatic carbocycles. The molecule has 1 fully saturated rings. The molecule has 1 nitrogen and oxygen atoms in total. The zero-order chi connectivity index (χ0) is 10.7. The van der Waals surface area contributed by atoms with Crippen molar-refractivity contribution < 1.29 is 18.3 Å². The van der Waals surface area contributed by atoms with E-state index >= 15 is 0 Å². The van der Waals surface area contributed by atoms with Gasteiger partial charge in [-0.25, -0.2) is 0 Å². The number of hydrogen-bond donors (Lipinski definition) is 1. The molecule has 0 amide bonds. The van der Waals surface area contributed by atoms with E-state index in [-0.39, 0.29) is 29.5 Å². The van der Waals surface area contributed by atoms with Crippen LogP contribution in [0.2, 0.25) is 0 Å². The minimum absolute atomic E-state index is 0.0232. The summed E-state index contributed by atoms with van der Waals surface area (Å²) in [6.45, 7) is 0.0332. The second kappa shape index (κ2) is 4.75. The first kappa shape index (κ1) is 12.2. The smallest absolute Gasteiger partial charge is 0.396 e. The standard InChI is InChI=1S/C9H15F3OS/c10-9(11,12)14-6-5-8(7-13)3-1-2-4-8/h13H,1-7H2. The molecule has 84 valence electrons. The molecule has 1 aliphatic rings. The van der Waals surface area contributed by atoms with E-state index in [1.54, 1.807) is 0 Å². The summed E-state index contributed by atoms with van der Waals surface area (Å²) in [4.78, 5) is 0. The Morgan fingerprint density at radius 1 is 1.21 bits per heavy atom. The van der Waals surface area contributed by atoms with Gasteiger partial charge in [0, 0.05) is 12.4 Å². The normalized spacial score (nSPS) is 21.4. The molecule has 1 rings (SSSR count). The van der Waals surface area contributed by atoms with E-state index in [9.17, 15) is 13.2 Å². The molecule has 0 spiro atoms. The summed E-state index contributed by atoms with van der Waals surface area (Å²) in [5.74, 6) is 0.0735. The molecule has 0 atom stereocenters. The number of aliphatic hydroxyl groups is 1. The van der Waals surface area contributed by atoms with Gasteiger partial charge in [-0.1, -0.05) is 24.6 Å². The van der Waals surface area contributed by atoms with Crippen molar-refractivity contribution in [3.8, 4) is 0 Å². The van der Waals surface area contributed by atoms with Crippen molar-refractivity contribution in [2.45, 2.75) is 37.6 Å². The zero-order valence-electron chi connectivity index (χ0n) is 7.94. The maximum absolute atomic E-state index is 11.9. The van der Waals surface area contributed by atoms with Crippen molar-refractivity contribution in [3.63, 3.8) is 0 Å². The topological polar surface area (TPSA) is 20.2 Å². The first-order valence-electron chi connectivity index (χ1n) is 4.79. The largest absolute Gasteiger partial charge is 0.441 e. The summed E-state index contributed by atoms with van der Waals surface area (Å²) in [7, 11) is 0. The number of halogens is 3. The summed E-state index contributed by atoms with van der Waals surface area (Å²) < 4.78 is 35.6. The van der Waals surface area contributed by atoms with E-state index in [0.29, 0.717) is 6.42 Å². The average molecular weight is 228 g/mol. The molecule has 1 saturated carbocycles. The second-order valence-electron chi connectivity index (χ2n) is 3.91. The van der Waals surface area contributed by atoms with Crippen molar-refractivity contribution in [3.05, 3.63) is 0 Å². The minimum atomic E-state index is -4.13. The lowest BCUT2D eigenvalue weighted by molar-refractivity contribution is -0.0330. The average Bonchev–Trinajstić information content (AvgIpc) is 2.52. The Labute approximate surface area is 86.1 Å². The van der Waals surface area contributed by atoms with Crippen LogP contribution >= 0.6 is 11.8 Å². The molecule has 0 aromatic rings. The van der Waals surface area contributed by atoms with E-state index in [1.165, 1.54) is 0 Å². The highest BCUT2D eigenvalue weighted by atomic mass is 32.2. The Bertz CT molecular complexity index is 175. The van der Waals surface area contributed by atoms with Crippen molar-refractivity contribution in [1.82, 2.24) is 0 Å². The third-order valence-electron chi connectivity index (χ3n) is 2.90. The van der Waals surface area contributed by atoms with Crippen LogP contribution < -0.4 is 0 Å². The van der Waals surface area contributed by atoms with Crippen LogP contribution in [-0.2, 0) is 0 Å². The van der Waals surface area contributed by atoms with Gasteiger partial charge in [0.05, 0.1) is 0 Å². The molecule has 0 aliphatic heterocycles. The van der Waals surface area contributed by atoms with Crippen molar-refractivity contribution in [1.29, 1.82) is 0 Å². The van der Waals surface area contributed by atoms with Gasteiger partial charge in [-0.05, 0) is 24.7 Å². The molecular weight excluding hydrogens is 213 g/mol. The lowest BCUT2D eigenvalue weighted by Crippen LogP contribution is -2.22. The SMILES string of the molecule is OCC1(CCSC(F)(F)F)CCCC1. The summed E-state index contributed by atoms with van der Waals surface area (Å²) >= 11 is 0.0232. The molecule has 14 heavy (non-hydrogen) atoms. The first-order valence-corrected chi connectivity index (χ1v) is 5.78. The molecule has 0 aromatic heterocycles. The number of hydrogen-bond acceptors (Lipinski definition) is 2. The molecule has 0 bridgehead atoms. The van der Waals surface area contributed by atoms with Gasteiger partial charge in [0.1, 0.15) is 0 Å². The van der Waals surface area contributed by atoms with Gasteiger partial charge in [-0.15, -0.1) is 0 Å². The van der Waals surface area contributed by atoms with Crippen molar-refractivity contribution in [2.24, 2.45) is 5.41 Å². The number of aliphatic hydroxyl groups excluding tert-OH is 1. The molecule has 0 aromatic carbocycles.